The molecule has 0 radical (unpaired) electrons. The van der Waals surface area contributed by atoms with E-state index in [2.05, 4.69) is 13.5 Å². The molecule has 0 fully saturated rings. The highest BCUT2D eigenvalue weighted by atomic mass is 33.1. The highest BCUT2D eigenvalue weighted by Crippen LogP contribution is 2.21. The summed E-state index contributed by atoms with van der Waals surface area (Å²) in [6.45, 7) is 5.68. The van der Waals surface area contributed by atoms with E-state index in [0.29, 0.717) is 5.75 Å². The fraction of sp³-hybridized carbons (Fsp3) is 0.556. The maximum Gasteiger partial charge on any atom is 0.0423 e. The average molecular weight is 236 g/mol. The van der Waals surface area contributed by atoms with E-state index in [0.717, 1.165) is 17.9 Å². The molecule has 0 bridgehead atoms. The van der Waals surface area contributed by atoms with E-state index in [-0.39, 0.29) is 0 Å². The fourth-order valence-electron chi connectivity index (χ4n) is 0.624. The first-order valence-electron chi connectivity index (χ1n) is 4.20. The second-order valence-corrected chi connectivity index (χ2v) is 6.29. The van der Waals surface area contributed by atoms with Gasteiger partial charge in [0.1, 0.15) is 0 Å². The van der Waals surface area contributed by atoms with Crippen LogP contribution in [0.4, 0.5) is 0 Å². The second-order valence-electron chi connectivity index (χ2n) is 2.35. The molecule has 1 atom stereocenters. The van der Waals surface area contributed by atoms with Gasteiger partial charge in [-0.15, -0.1) is 6.58 Å². The summed E-state index contributed by atoms with van der Waals surface area (Å²) in [5.41, 5.74) is 0. The highest BCUT2D eigenvalue weighted by Gasteiger charge is 1.92. The lowest BCUT2D eigenvalue weighted by Gasteiger charge is -1.93. The molecule has 0 aromatic rings. The van der Waals surface area contributed by atoms with Crippen molar-refractivity contribution in [2.24, 2.45) is 0 Å². The van der Waals surface area contributed by atoms with Crippen LogP contribution in [-0.2, 0) is 10.8 Å². The first-order valence-corrected chi connectivity index (χ1v) is 8.07. The monoisotopic (exact) mass is 236 g/mol. The average Bonchev–Trinajstić information content (AvgIpc) is 2.11. The molecule has 0 spiro atoms. The molecular weight excluding hydrogens is 220 g/mol. The van der Waals surface area contributed by atoms with Crippen LogP contribution in [0.3, 0.4) is 0 Å². The Morgan fingerprint density at radius 1 is 1.54 bits per heavy atom. The molecular formula is C9H16OS3. The number of hydrogen-bond donors (Lipinski definition) is 0. The summed E-state index contributed by atoms with van der Waals surface area (Å²) in [6.07, 6.45) is 4.85. The molecule has 13 heavy (non-hydrogen) atoms. The first-order chi connectivity index (χ1) is 6.31. The zero-order valence-corrected chi connectivity index (χ0v) is 10.4. The molecule has 0 saturated heterocycles. The lowest BCUT2D eigenvalue weighted by atomic mass is 10.6. The molecule has 0 aromatic heterocycles. The lowest BCUT2D eigenvalue weighted by molar-refractivity contribution is 0.684. The predicted octanol–water partition coefficient (Wildman–Crippen LogP) is 3.23. The van der Waals surface area contributed by atoms with Gasteiger partial charge in [-0.25, -0.2) is 0 Å². The van der Waals surface area contributed by atoms with Gasteiger partial charge in [0, 0.05) is 28.1 Å². The molecule has 0 heterocycles. The van der Waals surface area contributed by atoms with Crippen molar-refractivity contribution < 1.29 is 4.21 Å². The summed E-state index contributed by atoms with van der Waals surface area (Å²) < 4.78 is 11.2. The molecule has 76 valence electrons. The quantitative estimate of drug-likeness (QED) is 0.366. The van der Waals surface area contributed by atoms with E-state index < -0.39 is 10.8 Å². The molecule has 0 amide bonds. The topological polar surface area (TPSA) is 17.1 Å². The largest absolute Gasteiger partial charge is 0.259 e. The fourth-order valence-corrected chi connectivity index (χ4v) is 3.10. The van der Waals surface area contributed by atoms with Crippen molar-refractivity contribution in [3.63, 3.8) is 0 Å². The minimum Gasteiger partial charge on any atom is -0.259 e. The molecule has 4 heteroatoms. The summed E-state index contributed by atoms with van der Waals surface area (Å²) in [6, 6.07) is 0. The third kappa shape index (κ3) is 10.2. The van der Waals surface area contributed by atoms with Gasteiger partial charge in [-0.1, -0.05) is 40.7 Å². The van der Waals surface area contributed by atoms with Gasteiger partial charge in [0.2, 0.25) is 0 Å². The highest BCUT2D eigenvalue weighted by molar-refractivity contribution is 8.77. The van der Waals surface area contributed by atoms with E-state index >= 15 is 0 Å². The Morgan fingerprint density at radius 2 is 2.31 bits per heavy atom. The van der Waals surface area contributed by atoms with Crippen LogP contribution in [0.1, 0.15) is 13.3 Å². The van der Waals surface area contributed by atoms with Crippen molar-refractivity contribution in [2.45, 2.75) is 13.3 Å². The van der Waals surface area contributed by atoms with Gasteiger partial charge >= 0.3 is 0 Å². The SMILES string of the molecule is C=CCSS/C=C/CS(=O)CCC. The van der Waals surface area contributed by atoms with Gasteiger partial charge in [0.25, 0.3) is 0 Å². The van der Waals surface area contributed by atoms with Crippen molar-refractivity contribution in [1.82, 2.24) is 0 Å². The summed E-state index contributed by atoms with van der Waals surface area (Å²) in [5, 5.41) is 2.00. The molecule has 1 nitrogen and oxygen atoms in total. The Balaban J connectivity index is 3.29. The molecule has 0 aliphatic heterocycles. The Hall–Kier alpha value is 0.330. The van der Waals surface area contributed by atoms with E-state index in [1.807, 2.05) is 17.6 Å². The molecule has 0 rings (SSSR count). The van der Waals surface area contributed by atoms with Gasteiger partial charge in [-0.3, -0.25) is 4.21 Å². The Kier molecular flexibility index (Phi) is 10.7. The maximum absolute atomic E-state index is 11.2. The van der Waals surface area contributed by atoms with Gasteiger partial charge < -0.3 is 0 Å². The van der Waals surface area contributed by atoms with Gasteiger partial charge in [-0.2, -0.15) is 0 Å². The van der Waals surface area contributed by atoms with Crippen LogP contribution in [0.5, 0.6) is 0 Å². The third-order valence-corrected chi connectivity index (χ3v) is 4.51. The summed E-state index contributed by atoms with van der Waals surface area (Å²) in [5.74, 6) is 2.46. The molecule has 0 aliphatic carbocycles. The van der Waals surface area contributed by atoms with Crippen LogP contribution in [-0.4, -0.2) is 21.5 Å². The Bertz CT molecular complexity index is 178. The van der Waals surface area contributed by atoms with Gasteiger partial charge in [-0.05, 0) is 11.8 Å². The molecule has 0 aliphatic rings. The van der Waals surface area contributed by atoms with Crippen LogP contribution < -0.4 is 0 Å². The zero-order chi connectivity index (χ0) is 9.94. The summed E-state index contributed by atoms with van der Waals surface area (Å²) in [7, 11) is 2.74. The van der Waals surface area contributed by atoms with Crippen LogP contribution in [0.2, 0.25) is 0 Å². The van der Waals surface area contributed by atoms with Crippen LogP contribution in [0, 0.1) is 0 Å². The number of hydrogen-bond acceptors (Lipinski definition) is 3. The predicted molar refractivity (Wildman–Crippen MR) is 67.6 cm³/mol. The Morgan fingerprint density at radius 3 is 2.92 bits per heavy atom. The van der Waals surface area contributed by atoms with Crippen molar-refractivity contribution >= 4 is 32.4 Å². The zero-order valence-electron chi connectivity index (χ0n) is 7.90. The van der Waals surface area contributed by atoms with Crippen LogP contribution in [0.25, 0.3) is 0 Å². The van der Waals surface area contributed by atoms with E-state index in [4.69, 9.17) is 0 Å². The molecule has 1 unspecified atom stereocenters. The summed E-state index contributed by atoms with van der Waals surface area (Å²) in [4.78, 5) is 0. The minimum absolute atomic E-state index is 0.657. The normalized spacial score (nSPS) is 13.3. The van der Waals surface area contributed by atoms with Gasteiger partial charge in [0.05, 0.1) is 0 Å². The van der Waals surface area contributed by atoms with Crippen LogP contribution >= 0.6 is 21.6 Å². The molecule has 0 aromatic carbocycles. The smallest absolute Gasteiger partial charge is 0.0423 e. The van der Waals surface area contributed by atoms with E-state index in [9.17, 15) is 4.21 Å². The maximum atomic E-state index is 11.2. The molecule has 0 saturated carbocycles. The Labute approximate surface area is 91.3 Å². The lowest BCUT2D eigenvalue weighted by Crippen LogP contribution is -1.98. The van der Waals surface area contributed by atoms with Crippen molar-refractivity contribution in [3.05, 3.63) is 24.1 Å². The van der Waals surface area contributed by atoms with Gasteiger partial charge in [0.15, 0.2) is 0 Å². The van der Waals surface area contributed by atoms with E-state index in [1.54, 1.807) is 21.6 Å². The third-order valence-electron chi connectivity index (χ3n) is 1.12. The first kappa shape index (κ1) is 13.3. The summed E-state index contributed by atoms with van der Waals surface area (Å²) >= 11 is 0. The minimum atomic E-state index is -0.657. The van der Waals surface area contributed by atoms with Crippen molar-refractivity contribution in [2.75, 3.05) is 17.3 Å². The van der Waals surface area contributed by atoms with Crippen LogP contribution in [0.15, 0.2) is 24.1 Å². The molecule has 0 N–H and O–H groups in total. The standard InChI is InChI=1S/C9H16OS3/c1-3-6-11-12-7-5-9-13(10)8-4-2/h3,5,7H,1,4,6,8-9H2,2H3/b7-5+. The van der Waals surface area contributed by atoms with Crippen molar-refractivity contribution in [3.8, 4) is 0 Å². The van der Waals surface area contributed by atoms with Crippen molar-refractivity contribution in [1.29, 1.82) is 0 Å². The van der Waals surface area contributed by atoms with E-state index in [1.165, 1.54) is 0 Å². The second kappa shape index (κ2) is 10.4. The number of rotatable bonds is 8.